The summed E-state index contributed by atoms with van der Waals surface area (Å²) in [5.41, 5.74) is 12.3. The van der Waals surface area contributed by atoms with Crippen molar-refractivity contribution < 1.29 is 4.42 Å². The van der Waals surface area contributed by atoms with Gasteiger partial charge in [-0.2, -0.15) is 0 Å². The number of allylic oxidation sites excluding steroid dienone is 1. The van der Waals surface area contributed by atoms with E-state index in [1.54, 1.807) is 0 Å². The van der Waals surface area contributed by atoms with Crippen LogP contribution in [0.1, 0.15) is 30.0 Å². The van der Waals surface area contributed by atoms with Crippen LogP contribution in [0.2, 0.25) is 0 Å². The van der Waals surface area contributed by atoms with Gasteiger partial charge in [0.15, 0.2) is 5.84 Å². The molecule has 0 amide bonds. The van der Waals surface area contributed by atoms with Gasteiger partial charge in [0, 0.05) is 38.6 Å². The van der Waals surface area contributed by atoms with Crippen LogP contribution in [-0.4, -0.2) is 16.1 Å². The van der Waals surface area contributed by atoms with Crippen LogP contribution < -0.4 is 0 Å². The smallest absolute Gasteiger partial charge is 0.160 e. The number of hydrogen-bond donors (Lipinski definition) is 0. The van der Waals surface area contributed by atoms with Crippen LogP contribution in [0.25, 0.3) is 98.6 Å². The Balaban J connectivity index is 1.09. The third-order valence-electron chi connectivity index (χ3n) is 13.4. The summed E-state index contributed by atoms with van der Waals surface area (Å²) in [4.78, 5) is 11.4. The average Bonchev–Trinajstić information content (AvgIpc) is 3.90. The molecule has 13 rings (SSSR count). The van der Waals surface area contributed by atoms with Crippen molar-refractivity contribution in [1.29, 1.82) is 0 Å². The minimum Gasteiger partial charge on any atom is -0.456 e. The Labute approximate surface area is 375 Å². The van der Waals surface area contributed by atoms with Gasteiger partial charge in [-0.25, -0.2) is 9.98 Å². The van der Waals surface area contributed by atoms with E-state index >= 15 is 0 Å². The number of aliphatic imine (C=N–C) groups is 2. The van der Waals surface area contributed by atoms with Gasteiger partial charge >= 0.3 is 0 Å². The zero-order chi connectivity index (χ0) is 43.0. The highest BCUT2D eigenvalue weighted by Crippen LogP contribution is 2.43. The monoisotopic (exact) mass is 831 g/mol. The van der Waals surface area contributed by atoms with E-state index < -0.39 is 0 Å². The number of rotatable bonds is 5. The van der Waals surface area contributed by atoms with Crippen molar-refractivity contribution in [2.75, 3.05) is 0 Å². The minimum absolute atomic E-state index is 0.0748. The lowest BCUT2D eigenvalue weighted by Gasteiger charge is -2.21. The van der Waals surface area contributed by atoms with Gasteiger partial charge in [0.2, 0.25) is 0 Å². The van der Waals surface area contributed by atoms with Crippen LogP contribution >= 0.6 is 0 Å². The Kier molecular flexibility index (Phi) is 8.53. The molecule has 4 nitrogen and oxygen atoms in total. The highest BCUT2D eigenvalue weighted by molar-refractivity contribution is 6.20. The maximum Gasteiger partial charge on any atom is 0.160 e. The van der Waals surface area contributed by atoms with E-state index in [2.05, 4.69) is 218 Å². The Morgan fingerprint density at radius 1 is 0.446 bits per heavy atom. The number of amidine groups is 1. The number of furan rings is 1. The third-order valence-corrected chi connectivity index (χ3v) is 13.4. The second-order valence-electron chi connectivity index (χ2n) is 17.3. The predicted octanol–water partition coefficient (Wildman–Crippen LogP) is 16.1. The van der Waals surface area contributed by atoms with Gasteiger partial charge in [-0.15, -0.1) is 0 Å². The van der Waals surface area contributed by atoms with E-state index in [4.69, 9.17) is 14.4 Å². The van der Waals surface area contributed by atoms with Gasteiger partial charge in [0.25, 0.3) is 0 Å². The van der Waals surface area contributed by atoms with Gasteiger partial charge < -0.3 is 8.98 Å². The molecule has 12 aromatic rings. The number of fused-ring (bicyclic) bond motifs is 10. The Morgan fingerprint density at radius 2 is 1.09 bits per heavy atom. The second kappa shape index (κ2) is 14.9. The fraction of sp³-hybridized carbons (Fsp3) is 0.0492. The number of para-hydroxylation sites is 2. The van der Waals surface area contributed by atoms with Crippen molar-refractivity contribution >= 4 is 93.3 Å². The lowest BCUT2D eigenvalue weighted by molar-refractivity contribution is 0.669. The number of benzene rings is 10. The van der Waals surface area contributed by atoms with E-state index in [-0.39, 0.29) is 5.92 Å². The van der Waals surface area contributed by atoms with Crippen LogP contribution in [-0.2, 0) is 0 Å². The van der Waals surface area contributed by atoms with Crippen LogP contribution in [0.5, 0.6) is 0 Å². The van der Waals surface area contributed by atoms with E-state index in [1.807, 2.05) is 6.07 Å². The van der Waals surface area contributed by atoms with E-state index in [1.165, 1.54) is 48.8 Å². The number of aromatic nitrogens is 1. The molecule has 0 bridgehead atoms. The molecule has 2 aromatic heterocycles. The molecule has 65 heavy (non-hydrogen) atoms. The summed E-state index contributed by atoms with van der Waals surface area (Å²) in [6, 6.07) is 74.0. The SMILES string of the molecule is CC1C/C=C(c2c(-n3c4ccccc4c4cc5ccccc5cc43)ccc3oc4ccccc4c23)/N=C(c2ccc3c(ccc4ccccc43)c2)\N=C/1c1ccc(-c2ccccc2)cc1. The largest absolute Gasteiger partial charge is 0.456 e. The van der Waals surface area contributed by atoms with Crippen molar-refractivity contribution in [3.8, 4) is 16.8 Å². The molecule has 1 unspecified atom stereocenters. The molecule has 1 aliphatic rings. The Morgan fingerprint density at radius 3 is 1.94 bits per heavy atom. The summed E-state index contributed by atoms with van der Waals surface area (Å²) in [7, 11) is 0. The fourth-order valence-electron chi connectivity index (χ4n) is 10.2. The van der Waals surface area contributed by atoms with Crippen molar-refractivity contribution in [3.05, 3.63) is 229 Å². The first-order chi connectivity index (χ1) is 32.1. The molecule has 0 aliphatic carbocycles. The van der Waals surface area contributed by atoms with Crippen LogP contribution in [0.15, 0.2) is 227 Å². The molecule has 1 atom stereocenters. The maximum atomic E-state index is 6.66. The summed E-state index contributed by atoms with van der Waals surface area (Å²) in [5.74, 6) is 0.745. The van der Waals surface area contributed by atoms with E-state index in [0.29, 0.717) is 5.84 Å². The molecule has 0 fully saturated rings. The molecule has 4 heteroatoms. The van der Waals surface area contributed by atoms with Gasteiger partial charge in [-0.3, -0.25) is 0 Å². The Hall–Kier alpha value is -8.34. The summed E-state index contributed by atoms with van der Waals surface area (Å²) in [6.45, 7) is 2.29. The molecule has 10 aromatic carbocycles. The number of nitrogens with zero attached hydrogens (tertiary/aromatic N) is 3. The molecule has 0 saturated heterocycles. The fourth-order valence-corrected chi connectivity index (χ4v) is 10.2. The van der Waals surface area contributed by atoms with Crippen LogP contribution in [0.4, 0.5) is 0 Å². The highest BCUT2D eigenvalue weighted by atomic mass is 16.3. The highest BCUT2D eigenvalue weighted by Gasteiger charge is 2.25. The van der Waals surface area contributed by atoms with Gasteiger partial charge in [-0.05, 0) is 97.9 Å². The van der Waals surface area contributed by atoms with Crippen LogP contribution in [0, 0.1) is 5.92 Å². The first-order valence-electron chi connectivity index (χ1n) is 22.5. The lowest BCUT2D eigenvalue weighted by atomic mass is 9.91. The zero-order valence-electron chi connectivity index (χ0n) is 35.7. The summed E-state index contributed by atoms with van der Waals surface area (Å²) >= 11 is 0. The standard InChI is InChI=1S/C61H41N3O/c1-38-23-32-52(62-61(46-30-31-48-45(35-46)29-26-41-15-7-8-18-47(41)48)63-60(38)42-27-24-40(25-28-42)39-13-3-2-4-14-39)59-54(33-34-57-58(59)50-20-10-12-22-56(50)65-57)64-53-21-11-9-19-49(53)51-36-43-16-5-6-17-44(43)37-55(51)64/h2-22,24-38H,23H2,1H3/b52-32+,62-61-,63-60+. The normalized spacial score (nSPS) is 17.0. The quantitative estimate of drug-likeness (QED) is 0.159. The topological polar surface area (TPSA) is 42.8 Å². The Bertz CT molecular complexity index is 3980. The van der Waals surface area contributed by atoms with E-state index in [9.17, 15) is 0 Å². The van der Waals surface area contributed by atoms with Gasteiger partial charge in [0.05, 0.1) is 28.1 Å². The molecule has 1 aliphatic heterocycles. The van der Waals surface area contributed by atoms with Gasteiger partial charge in [0.1, 0.15) is 11.2 Å². The molecule has 0 saturated carbocycles. The molecule has 3 heterocycles. The minimum atomic E-state index is 0.0748. The molecular weight excluding hydrogens is 791 g/mol. The third kappa shape index (κ3) is 6.13. The first-order valence-corrected chi connectivity index (χ1v) is 22.5. The predicted molar refractivity (Wildman–Crippen MR) is 274 cm³/mol. The van der Waals surface area contributed by atoms with Crippen LogP contribution in [0.3, 0.4) is 0 Å². The maximum absolute atomic E-state index is 6.66. The average molecular weight is 832 g/mol. The molecule has 0 spiro atoms. The summed E-state index contributed by atoms with van der Waals surface area (Å²) < 4.78 is 9.11. The first kappa shape index (κ1) is 37.2. The summed E-state index contributed by atoms with van der Waals surface area (Å²) in [5, 5.41) is 11.7. The summed E-state index contributed by atoms with van der Waals surface area (Å²) in [6.07, 6.45) is 3.08. The van der Waals surface area contributed by atoms with Crippen molar-refractivity contribution in [2.45, 2.75) is 13.3 Å². The molecule has 0 N–H and O–H groups in total. The van der Waals surface area contributed by atoms with E-state index in [0.717, 1.165) is 78.6 Å². The second-order valence-corrected chi connectivity index (χ2v) is 17.3. The molecule has 306 valence electrons. The zero-order valence-corrected chi connectivity index (χ0v) is 35.7. The molecular formula is C61H41N3O. The van der Waals surface area contributed by atoms with Crippen molar-refractivity contribution in [3.63, 3.8) is 0 Å². The van der Waals surface area contributed by atoms with Crippen molar-refractivity contribution in [2.24, 2.45) is 15.9 Å². The number of hydrogen-bond acceptors (Lipinski definition) is 3. The lowest BCUT2D eigenvalue weighted by Crippen LogP contribution is -2.17. The van der Waals surface area contributed by atoms with Crippen molar-refractivity contribution in [1.82, 2.24) is 4.57 Å². The van der Waals surface area contributed by atoms with Gasteiger partial charge in [-0.1, -0.05) is 177 Å². The molecule has 0 radical (unpaired) electrons.